The van der Waals surface area contributed by atoms with E-state index in [0.29, 0.717) is 0 Å². The third-order valence-electron chi connectivity index (χ3n) is 5.48. The van der Waals surface area contributed by atoms with Crippen molar-refractivity contribution in [2.75, 3.05) is 0 Å². The highest BCUT2D eigenvalue weighted by atomic mass is 14.1. The maximum atomic E-state index is 5.29. The van der Waals surface area contributed by atoms with Crippen molar-refractivity contribution >= 4 is 0 Å². The summed E-state index contributed by atoms with van der Waals surface area (Å²) in [5.74, 6) is 3.72. The lowest BCUT2D eigenvalue weighted by molar-refractivity contribution is 0.393. The van der Waals surface area contributed by atoms with Crippen LogP contribution in [0.3, 0.4) is 0 Å². The van der Waals surface area contributed by atoms with Gasteiger partial charge in [0.05, 0.1) is 0 Å². The average molecular weight is 335 g/mol. The highest BCUT2D eigenvalue weighted by molar-refractivity contribution is 4.82. The molecule has 0 radical (unpaired) electrons. The first-order valence-electron chi connectivity index (χ1n) is 11.3. The number of terminal acetylenes is 1. The summed E-state index contributed by atoms with van der Waals surface area (Å²) in [5.41, 5.74) is 0. The fourth-order valence-electron chi connectivity index (χ4n) is 3.66. The molecule has 0 aliphatic carbocycles. The molecule has 24 heavy (non-hydrogen) atoms. The Labute approximate surface area is 154 Å². The first-order valence-corrected chi connectivity index (χ1v) is 11.3. The minimum atomic E-state index is 0.968. The van der Waals surface area contributed by atoms with E-state index < -0.39 is 0 Å². The zero-order valence-corrected chi connectivity index (χ0v) is 17.1. The van der Waals surface area contributed by atoms with Gasteiger partial charge in [-0.2, -0.15) is 0 Å². The van der Waals surface area contributed by atoms with E-state index in [2.05, 4.69) is 19.8 Å². The third kappa shape index (κ3) is 17.9. The van der Waals surface area contributed by atoms with Crippen molar-refractivity contribution in [3.63, 3.8) is 0 Å². The predicted octanol–water partition coefficient (Wildman–Crippen LogP) is 8.69. The standard InChI is InChI=1S/C24H46/c1-4-7-9-11-13-14-15-16-17-19-21-23-24(6-3)22-20-18-12-10-8-5-2/h2,24H,4,6-23H2,1,3H3. The van der Waals surface area contributed by atoms with E-state index >= 15 is 0 Å². The van der Waals surface area contributed by atoms with Crippen LogP contribution in [-0.4, -0.2) is 0 Å². The molecule has 1 unspecified atom stereocenters. The molecule has 0 N–H and O–H groups in total. The highest BCUT2D eigenvalue weighted by Gasteiger charge is 2.05. The fourth-order valence-corrected chi connectivity index (χ4v) is 3.66. The second-order valence-corrected chi connectivity index (χ2v) is 7.76. The van der Waals surface area contributed by atoms with Gasteiger partial charge in [-0.1, -0.05) is 123 Å². The van der Waals surface area contributed by atoms with Crippen LogP contribution in [0.25, 0.3) is 0 Å². The zero-order chi connectivity index (χ0) is 17.7. The number of unbranched alkanes of at least 4 members (excludes halogenated alkanes) is 14. The van der Waals surface area contributed by atoms with Crippen molar-refractivity contribution in [1.82, 2.24) is 0 Å². The summed E-state index contributed by atoms with van der Waals surface area (Å²) in [6, 6.07) is 0. The van der Waals surface area contributed by atoms with Crippen LogP contribution >= 0.6 is 0 Å². The molecule has 0 aromatic carbocycles. The van der Waals surface area contributed by atoms with E-state index in [1.807, 2.05) is 0 Å². The van der Waals surface area contributed by atoms with Crippen molar-refractivity contribution < 1.29 is 0 Å². The molecule has 1 atom stereocenters. The molecule has 0 amide bonds. The molecule has 0 aromatic heterocycles. The third-order valence-corrected chi connectivity index (χ3v) is 5.48. The van der Waals surface area contributed by atoms with Crippen LogP contribution in [0.4, 0.5) is 0 Å². The van der Waals surface area contributed by atoms with E-state index in [4.69, 9.17) is 6.42 Å². The van der Waals surface area contributed by atoms with E-state index in [1.165, 1.54) is 116 Å². The van der Waals surface area contributed by atoms with Gasteiger partial charge in [0.15, 0.2) is 0 Å². The van der Waals surface area contributed by atoms with Crippen molar-refractivity contribution in [3.8, 4) is 12.3 Å². The first-order chi connectivity index (χ1) is 11.8. The Morgan fingerprint density at radius 2 is 1.00 bits per heavy atom. The molecule has 0 rings (SSSR count). The summed E-state index contributed by atoms with van der Waals surface area (Å²) in [7, 11) is 0. The van der Waals surface area contributed by atoms with Crippen LogP contribution in [0, 0.1) is 18.3 Å². The Kier molecular flexibility index (Phi) is 20.2. The van der Waals surface area contributed by atoms with Crippen LogP contribution in [0.2, 0.25) is 0 Å². The molecule has 0 heterocycles. The second kappa shape index (κ2) is 20.6. The number of hydrogen-bond donors (Lipinski definition) is 0. The SMILES string of the molecule is C#CCCCCCCC(CC)CCCCCCCCCCCCC. The minimum Gasteiger partial charge on any atom is -0.120 e. The van der Waals surface area contributed by atoms with Gasteiger partial charge in [-0.25, -0.2) is 0 Å². The van der Waals surface area contributed by atoms with E-state index in [-0.39, 0.29) is 0 Å². The summed E-state index contributed by atoms with van der Waals surface area (Å²) in [5, 5.41) is 0. The van der Waals surface area contributed by atoms with Crippen LogP contribution in [-0.2, 0) is 0 Å². The van der Waals surface area contributed by atoms with Gasteiger partial charge < -0.3 is 0 Å². The Balaban J connectivity index is 3.27. The fraction of sp³-hybridized carbons (Fsp3) is 0.917. The van der Waals surface area contributed by atoms with Gasteiger partial charge in [-0.15, -0.1) is 12.3 Å². The van der Waals surface area contributed by atoms with Crippen molar-refractivity contribution in [2.45, 2.75) is 136 Å². The second-order valence-electron chi connectivity index (χ2n) is 7.76. The molecule has 0 spiro atoms. The van der Waals surface area contributed by atoms with Crippen LogP contribution in [0.5, 0.6) is 0 Å². The maximum absolute atomic E-state index is 5.29. The predicted molar refractivity (Wildman–Crippen MR) is 111 cm³/mol. The quantitative estimate of drug-likeness (QED) is 0.164. The smallest absolute Gasteiger partial charge is 0.00860 e. The molecule has 0 nitrogen and oxygen atoms in total. The molecule has 0 fully saturated rings. The van der Waals surface area contributed by atoms with E-state index in [0.717, 1.165) is 12.3 Å². The van der Waals surface area contributed by atoms with E-state index in [1.54, 1.807) is 0 Å². The largest absolute Gasteiger partial charge is 0.120 e. The maximum Gasteiger partial charge on any atom is 0.00860 e. The van der Waals surface area contributed by atoms with Gasteiger partial charge in [-0.05, 0) is 12.3 Å². The lowest BCUT2D eigenvalue weighted by Gasteiger charge is -2.14. The molecule has 0 aromatic rings. The minimum absolute atomic E-state index is 0.968. The molecule has 0 aliphatic heterocycles. The number of rotatable bonds is 19. The lowest BCUT2D eigenvalue weighted by Crippen LogP contribution is -1.99. The van der Waals surface area contributed by atoms with Crippen molar-refractivity contribution in [3.05, 3.63) is 0 Å². The Morgan fingerprint density at radius 3 is 1.42 bits per heavy atom. The topological polar surface area (TPSA) is 0 Å². The monoisotopic (exact) mass is 334 g/mol. The van der Waals surface area contributed by atoms with Gasteiger partial charge in [0.25, 0.3) is 0 Å². The zero-order valence-electron chi connectivity index (χ0n) is 17.1. The Morgan fingerprint density at radius 1 is 0.583 bits per heavy atom. The molecular formula is C24H46. The van der Waals surface area contributed by atoms with Gasteiger partial charge >= 0.3 is 0 Å². The lowest BCUT2D eigenvalue weighted by atomic mass is 9.92. The first kappa shape index (κ1) is 23.6. The van der Waals surface area contributed by atoms with Gasteiger partial charge in [0.2, 0.25) is 0 Å². The molecular weight excluding hydrogens is 288 g/mol. The Hall–Kier alpha value is -0.440. The van der Waals surface area contributed by atoms with Gasteiger partial charge in [-0.3, -0.25) is 0 Å². The van der Waals surface area contributed by atoms with E-state index in [9.17, 15) is 0 Å². The summed E-state index contributed by atoms with van der Waals surface area (Å²) in [6.45, 7) is 4.67. The van der Waals surface area contributed by atoms with Crippen molar-refractivity contribution in [2.24, 2.45) is 5.92 Å². The van der Waals surface area contributed by atoms with Gasteiger partial charge in [0, 0.05) is 6.42 Å². The summed E-state index contributed by atoms with van der Waals surface area (Å²) >= 11 is 0. The molecule has 0 saturated carbocycles. The molecule has 142 valence electrons. The molecule has 0 saturated heterocycles. The molecule has 0 bridgehead atoms. The normalized spacial score (nSPS) is 12.2. The highest BCUT2D eigenvalue weighted by Crippen LogP contribution is 2.21. The van der Waals surface area contributed by atoms with Crippen molar-refractivity contribution in [1.29, 1.82) is 0 Å². The summed E-state index contributed by atoms with van der Waals surface area (Å²) in [4.78, 5) is 0. The Bertz CT molecular complexity index is 260. The average Bonchev–Trinajstić information content (AvgIpc) is 2.60. The molecule has 0 aliphatic rings. The molecule has 0 heteroatoms. The summed E-state index contributed by atoms with van der Waals surface area (Å²) in [6.07, 6.45) is 31.9. The van der Waals surface area contributed by atoms with Crippen LogP contribution in [0.15, 0.2) is 0 Å². The van der Waals surface area contributed by atoms with Crippen LogP contribution < -0.4 is 0 Å². The van der Waals surface area contributed by atoms with Gasteiger partial charge in [0.1, 0.15) is 0 Å². The van der Waals surface area contributed by atoms with Crippen LogP contribution in [0.1, 0.15) is 136 Å². The summed E-state index contributed by atoms with van der Waals surface area (Å²) < 4.78 is 0. The number of hydrogen-bond acceptors (Lipinski definition) is 0.